The molecule has 2 rings (SSSR count). The van der Waals surface area contributed by atoms with E-state index in [9.17, 15) is 39.0 Å². The summed E-state index contributed by atoms with van der Waals surface area (Å²) in [6.07, 6.45) is -0.114. The van der Waals surface area contributed by atoms with Gasteiger partial charge in [0, 0.05) is 19.3 Å². The molecule has 0 saturated carbocycles. The molecule has 0 spiro atoms. The van der Waals surface area contributed by atoms with Crippen LogP contribution in [0.2, 0.25) is 0 Å². The third-order valence-corrected chi connectivity index (χ3v) is 5.96. The summed E-state index contributed by atoms with van der Waals surface area (Å²) >= 11 is 0. The highest BCUT2D eigenvalue weighted by molar-refractivity contribution is 5.94. The smallest absolute Gasteiger partial charge is 0.326 e. The van der Waals surface area contributed by atoms with Gasteiger partial charge in [0.2, 0.25) is 23.6 Å². The number of amides is 4. The van der Waals surface area contributed by atoms with Crippen molar-refractivity contribution in [2.45, 2.75) is 69.1 Å². The van der Waals surface area contributed by atoms with Crippen LogP contribution in [0.3, 0.4) is 0 Å². The zero-order valence-corrected chi connectivity index (χ0v) is 20.6. The minimum absolute atomic E-state index is 0.0212. The number of hydrogen-bond donors (Lipinski definition) is 8. The number of nitrogens with two attached hydrogens (primary N) is 1. The summed E-state index contributed by atoms with van der Waals surface area (Å²) < 4.78 is 0. The molecule has 4 atom stereocenters. The van der Waals surface area contributed by atoms with Crippen molar-refractivity contribution in [2.24, 2.45) is 5.73 Å². The monoisotopic (exact) mass is 535 g/mol. The van der Waals surface area contributed by atoms with Gasteiger partial charge in [-0.1, -0.05) is 12.1 Å². The summed E-state index contributed by atoms with van der Waals surface area (Å²) in [7, 11) is 0. The Kier molecular flexibility index (Phi) is 11.5. The Morgan fingerprint density at radius 2 is 1.47 bits per heavy atom. The molecule has 0 radical (unpaired) electrons. The summed E-state index contributed by atoms with van der Waals surface area (Å²) in [5.74, 6) is -5.61. The Balaban J connectivity index is 2.15. The lowest BCUT2D eigenvalue weighted by Gasteiger charge is -2.25. The maximum atomic E-state index is 13.0. The van der Waals surface area contributed by atoms with Gasteiger partial charge in [0.25, 0.3) is 0 Å². The third-order valence-electron chi connectivity index (χ3n) is 5.96. The first-order valence-electron chi connectivity index (χ1n) is 12.1. The Bertz CT molecular complexity index is 1020. The van der Waals surface area contributed by atoms with Crippen LogP contribution < -0.4 is 27.0 Å². The second kappa shape index (κ2) is 14.5. The van der Waals surface area contributed by atoms with Crippen LogP contribution in [0.15, 0.2) is 24.3 Å². The number of carboxylic acid groups (broad SMARTS) is 2. The number of nitrogens with one attached hydrogen (secondary N) is 4. The van der Waals surface area contributed by atoms with Gasteiger partial charge in [0.15, 0.2) is 0 Å². The van der Waals surface area contributed by atoms with Gasteiger partial charge in [-0.25, -0.2) is 4.79 Å². The van der Waals surface area contributed by atoms with Gasteiger partial charge in [-0.3, -0.25) is 24.0 Å². The zero-order valence-electron chi connectivity index (χ0n) is 20.6. The minimum Gasteiger partial charge on any atom is -0.508 e. The molecule has 14 nitrogen and oxygen atoms in total. The molecular weight excluding hydrogens is 502 g/mol. The van der Waals surface area contributed by atoms with E-state index in [1.807, 2.05) is 0 Å². The fourth-order valence-corrected chi connectivity index (χ4v) is 3.89. The Labute approximate surface area is 218 Å². The van der Waals surface area contributed by atoms with Gasteiger partial charge < -0.3 is 42.3 Å². The maximum absolute atomic E-state index is 13.0. The first-order chi connectivity index (χ1) is 18.0. The lowest BCUT2D eigenvalue weighted by Crippen LogP contribution is -2.57. The van der Waals surface area contributed by atoms with Crippen LogP contribution in [-0.2, 0) is 35.2 Å². The normalized spacial score (nSPS) is 17.0. The van der Waals surface area contributed by atoms with Crippen molar-refractivity contribution in [2.75, 3.05) is 6.54 Å². The predicted octanol–water partition coefficient (Wildman–Crippen LogP) is -1.64. The van der Waals surface area contributed by atoms with E-state index in [0.717, 1.165) is 6.42 Å². The molecule has 4 amide bonds. The fourth-order valence-electron chi connectivity index (χ4n) is 3.89. The highest BCUT2D eigenvalue weighted by Crippen LogP contribution is 2.12. The number of rotatable bonds is 15. The second-order valence-corrected chi connectivity index (χ2v) is 8.98. The lowest BCUT2D eigenvalue weighted by molar-refractivity contribution is -0.142. The van der Waals surface area contributed by atoms with Crippen molar-refractivity contribution >= 4 is 35.6 Å². The fraction of sp³-hybridized carbons (Fsp3) is 0.500. The van der Waals surface area contributed by atoms with Crippen LogP contribution in [0, 0.1) is 0 Å². The van der Waals surface area contributed by atoms with Crippen molar-refractivity contribution in [3.63, 3.8) is 0 Å². The van der Waals surface area contributed by atoms with Gasteiger partial charge in [0.05, 0.1) is 6.04 Å². The molecule has 208 valence electrons. The van der Waals surface area contributed by atoms with Crippen molar-refractivity contribution < 1.29 is 44.1 Å². The summed E-state index contributed by atoms with van der Waals surface area (Å²) in [6.45, 7) is 0.619. The number of aliphatic carboxylic acids is 2. The summed E-state index contributed by atoms with van der Waals surface area (Å²) in [6, 6.07) is 1.05. The third kappa shape index (κ3) is 10.0. The number of benzene rings is 1. The van der Waals surface area contributed by atoms with Crippen LogP contribution in [0.1, 0.15) is 44.1 Å². The number of aromatic hydroxyl groups is 1. The van der Waals surface area contributed by atoms with E-state index in [1.165, 1.54) is 24.3 Å². The van der Waals surface area contributed by atoms with Crippen molar-refractivity contribution in [1.29, 1.82) is 0 Å². The number of carbonyl (C=O) groups excluding carboxylic acids is 4. The van der Waals surface area contributed by atoms with Crippen LogP contribution in [0.25, 0.3) is 0 Å². The van der Waals surface area contributed by atoms with Crippen LogP contribution >= 0.6 is 0 Å². The van der Waals surface area contributed by atoms with Crippen molar-refractivity contribution in [3.8, 4) is 5.75 Å². The quantitative estimate of drug-likeness (QED) is 0.127. The standard InChI is InChI=1S/C24H33N5O9/c25-19(31)9-7-16(23(36)29-18(24(37)38)12-13-3-5-14(30)6-4-13)28-22(35)17(8-10-20(32)33)27-21(34)15-2-1-11-26-15/h3-6,15-18,26,30H,1-2,7-12H2,(H2,25,31)(H,27,34)(H,28,35)(H,29,36)(H,32,33)(H,37,38). The molecule has 9 N–H and O–H groups in total. The SMILES string of the molecule is NC(=O)CCC(NC(=O)C(CCC(=O)O)NC(=O)C1CCCN1)C(=O)NC(Cc1ccc(O)cc1)C(=O)O. The molecule has 38 heavy (non-hydrogen) atoms. The van der Waals surface area contributed by atoms with E-state index in [4.69, 9.17) is 10.8 Å². The van der Waals surface area contributed by atoms with E-state index < -0.39 is 66.2 Å². The van der Waals surface area contributed by atoms with Gasteiger partial charge in [-0.2, -0.15) is 0 Å². The average Bonchev–Trinajstić information content (AvgIpc) is 3.39. The van der Waals surface area contributed by atoms with Crippen LogP contribution in [-0.4, -0.2) is 81.6 Å². The van der Waals surface area contributed by atoms with E-state index in [1.54, 1.807) is 0 Å². The molecule has 1 heterocycles. The van der Waals surface area contributed by atoms with E-state index in [2.05, 4.69) is 21.3 Å². The topological polar surface area (TPSA) is 237 Å². The Morgan fingerprint density at radius 1 is 0.895 bits per heavy atom. The molecule has 1 aromatic rings. The first-order valence-corrected chi connectivity index (χ1v) is 12.1. The number of primary amides is 1. The lowest BCUT2D eigenvalue weighted by atomic mass is 10.0. The molecule has 0 bridgehead atoms. The van der Waals surface area contributed by atoms with Crippen molar-refractivity contribution in [1.82, 2.24) is 21.3 Å². The second-order valence-electron chi connectivity index (χ2n) is 8.98. The summed E-state index contributed by atoms with van der Waals surface area (Å²) in [5, 5.41) is 38.2. The summed E-state index contributed by atoms with van der Waals surface area (Å²) in [4.78, 5) is 72.8. The molecule has 0 aromatic heterocycles. The van der Waals surface area contributed by atoms with E-state index >= 15 is 0 Å². The van der Waals surface area contributed by atoms with Gasteiger partial charge in [-0.05, 0) is 49.9 Å². The molecule has 4 unspecified atom stereocenters. The number of hydrogen-bond acceptors (Lipinski definition) is 8. The van der Waals surface area contributed by atoms with Gasteiger partial charge in [0.1, 0.15) is 23.9 Å². The molecule has 1 aliphatic heterocycles. The molecule has 14 heteroatoms. The molecular formula is C24H33N5O9. The van der Waals surface area contributed by atoms with E-state index in [-0.39, 0.29) is 31.4 Å². The van der Waals surface area contributed by atoms with Crippen molar-refractivity contribution in [3.05, 3.63) is 29.8 Å². The molecule has 0 aliphatic carbocycles. The first kappa shape index (κ1) is 30.0. The van der Waals surface area contributed by atoms with Gasteiger partial charge >= 0.3 is 11.9 Å². The minimum atomic E-state index is -1.41. The Hall–Kier alpha value is -4.20. The average molecular weight is 536 g/mol. The predicted molar refractivity (Wildman–Crippen MR) is 132 cm³/mol. The number of carboxylic acids is 2. The largest absolute Gasteiger partial charge is 0.508 e. The van der Waals surface area contributed by atoms with Gasteiger partial charge in [-0.15, -0.1) is 0 Å². The number of phenols is 1. The highest BCUT2D eigenvalue weighted by atomic mass is 16.4. The highest BCUT2D eigenvalue weighted by Gasteiger charge is 2.32. The molecule has 1 fully saturated rings. The molecule has 1 aliphatic rings. The van der Waals surface area contributed by atoms with Crippen LogP contribution in [0.5, 0.6) is 5.75 Å². The summed E-state index contributed by atoms with van der Waals surface area (Å²) in [5.41, 5.74) is 5.69. The Morgan fingerprint density at radius 3 is 2.00 bits per heavy atom. The number of phenolic OH excluding ortho intramolecular Hbond substituents is 1. The maximum Gasteiger partial charge on any atom is 0.326 e. The molecule has 1 aromatic carbocycles. The zero-order chi connectivity index (χ0) is 28.2. The van der Waals surface area contributed by atoms with E-state index in [0.29, 0.717) is 18.5 Å². The molecule has 1 saturated heterocycles. The number of carbonyl (C=O) groups is 6. The van der Waals surface area contributed by atoms with Crippen LogP contribution in [0.4, 0.5) is 0 Å².